The molecule has 0 fully saturated rings. The molecule has 1 rings (SSSR count). The molecule has 0 aliphatic carbocycles. The SMILES string of the molecule is CC(C)C(C)NC(=O)CNCc1ncon1. The fourth-order valence-corrected chi connectivity index (χ4v) is 1.03. The van der Waals surface area contributed by atoms with E-state index in [1.807, 2.05) is 6.92 Å². The zero-order valence-electron chi connectivity index (χ0n) is 9.86. The Morgan fingerprint density at radius 1 is 1.50 bits per heavy atom. The zero-order valence-corrected chi connectivity index (χ0v) is 9.86. The van der Waals surface area contributed by atoms with Gasteiger partial charge >= 0.3 is 0 Å². The molecule has 1 unspecified atom stereocenters. The van der Waals surface area contributed by atoms with E-state index in [4.69, 9.17) is 0 Å². The number of nitrogens with zero attached hydrogens (tertiary/aromatic N) is 2. The first-order valence-electron chi connectivity index (χ1n) is 5.35. The van der Waals surface area contributed by atoms with Crippen LogP contribution in [-0.2, 0) is 11.3 Å². The van der Waals surface area contributed by atoms with Gasteiger partial charge < -0.3 is 15.2 Å². The number of aromatic nitrogens is 2. The lowest BCUT2D eigenvalue weighted by Crippen LogP contribution is -2.41. The van der Waals surface area contributed by atoms with E-state index in [0.29, 0.717) is 18.3 Å². The van der Waals surface area contributed by atoms with Gasteiger partial charge in [0.2, 0.25) is 12.3 Å². The molecule has 1 amide bonds. The largest absolute Gasteiger partial charge is 0.352 e. The highest BCUT2D eigenvalue weighted by Crippen LogP contribution is 1.98. The lowest BCUT2D eigenvalue weighted by Gasteiger charge is -2.17. The Kier molecular flexibility index (Phi) is 4.91. The number of carbonyl (C=O) groups is 1. The van der Waals surface area contributed by atoms with E-state index in [2.05, 4.69) is 39.1 Å². The quantitative estimate of drug-likeness (QED) is 0.730. The normalized spacial score (nSPS) is 12.8. The molecule has 1 heterocycles. The van der Waals surface area contributed by atoms with Crippen LogP contribution >= 0.6 is 0 Å². The fourth-order valence-electron chi connectivity index (χ4n) is 1.03. The first-order valence-corrected chi connectivity index (χ1v) is 5.35. The highest BCUT2D eigenvalue weighted by Gasteiger charge is 2.10. The van der Waals surface area contributed by atoms with Crippen LogP contribution in [-0.4, -0.2) is 28.6 Å². The summed E-state index contributed by atoms with van der Waals surface area (Å²) >= 11 is 0. The molecule has 0 saturated carbocycles. The molecule has 0 spiro atoms. The summed E-state index contributed by atoms with van der Waals surface area (Å²) in [6.45, 7) is 6.81. The number of hydrogen-bond acceptors (Lipinski definition) is 5. The highest BCUT2D eigenvalue weighted by molar-refractivity contribution is 5.78. The maximum absolute atomic E-state index is 11.4. The van der Waals surface area contributed by atoms with Crippen LogP contribution in [0, 0.1) is 5.92 Å². The summed E-state index contributed by atoms with van der Waals surface area (Å²) in [6, 6.07) is 0.180. The van der Waals surface area contributed by atoms with Crippen molar-refractivity contribution in [3.05, 3.63) is 12.2 Å². The number of amides is 1. The van der Waals surface area contributed by atoms with Gasteiger partial charge in [-0.25, -0.2) is 0 Å². The molecule has 0 aliphatic heterocycles. The van der Waals surface area contributed by atoms with Crippen LogP contribution in [0.15, 0.2) is 10.9 Å². The maximum Gasteiger partial charge on any atom is 0.234 e. The second kappa shape index (κ2) is 6.22. The van der Waals surface area contributed by atoms with Crippen molar-refractivity contribution < 1.29 is 9.32 Å². The van der Waals surface area contributed by atoms with E-state index >= 15 is 0 Å². The third-order valence-corrected chi connectivity index (χ3v) is 2.36. The number of nitrogens with one attached hydrogen (secondary N) is 2. The Morgan fingerprint density at radius 2 is 2.25 bits per heavy atom. The molecule has 2 N–H and O–H groups in total. The second-order valence-electron chi connectivity index (χ2n) is 4.05. The minimum atomic E-state index is -0.0234. The van der Waals surface area contributed by atoms with Gasteiger partial charge in [0.15, 0.2) is 5.82 Å². The van der Waals surface area contributed by atoms with E-state index < -0.39 is 0 Å². The molecule has 1 aromatic heterocycles. The van der Waals surface area contributed by atoms with E-state index in [1.54, 1.807) is 0 Å². The Balaban J connectivity index is 2.15. The number of carbonyl (C=O) groups excluding carboxylic acids is 1. The minimum Gasteiger partial charge on any atom is -0.352 e. The lowest BCUT2D eigenvalue weighted by atomic mass is 10.1. The molecule has 0 aliphatic rings. The third kappa shape index (κ3) is 4.39. The third-order valence-electron chi connectivity index (χ3n) is 2.36. The van der Waals surface area contributed by atoms with Gasteiger partial charge in [-0.15, -0.1) is 0 Å². The zero-order chi connectivity index (χ0) is 12.0. The lowest BCUT2D eigenvalue weighted by molar-refractivity contribution is -0.121. The molecule has 0 bridgehead atoms. The standard InChI is InChI=1S/C10H18N4O2/c1-7(2)8(3)13-10(15)5-11-4-9-12-6-16-14-9/h6-8,11H,4-5H2,1-3H3,(H,13,15). The van der Waals surface area contributed by atoms with Crippen LogP contribution in [0.4, 0.5) is 0 Å². The molecule has 0 aromatic carbocycles. The van der Waals surface area contributed by atoms with Crippen molar-refractivity contribution in [2.45, 2.75) is 33.4 Å². The van der Waals surface area contributed by atoms with Crippen LogP contribution < -0.4 is 10.6 Å². The Bertz CT molecular complexity index is 311. The Morgan fingerprint density at radius 3 is 2.81 bits per heavy atom. The van der Waals surface area contributed by atoms with Crippen LogP contribution in [0.2, 0.25) is 0 Å². The van der Waals surface area contributed by atoms with E-state index in [9.17, 15) is 4.79 Å². The molecule has 16 heavy (non-hydrogen) atoms. The first-order chi connectivity index (χ1) is 7.59. The van der Waals surface area contributed by atoms with Crippen molar-refractivity contribution >= 4 is 5.91 Å². The molecular formula is C10H18N4O2. The van der Waals surface area contributed by atoms with Crippen LogP contribution in [0.1, 0.15) is 26.6 Å². The van der Waals surface area contributed by atoms with Gasteiger partial charge in [-0.1, -0.05) is 19.0 Å². The number of hydrogen-bond donors (Lipinski definition) is 2. The summed E-state index contributed by atoms with van der Waals surface area (Å²) in [7, 11) is 0. The van der Waals surface area contributed by atoms with Gasteiger partial charge in [0.05, 0.1) is 13.1 Å². The smallest absolute Gasteiger partial charge is 0.234 e. The van der Waals surface area contributed by atoms with Crippen LogP contribution in [0.5, 0.6) is 0 Å². The number of rotatable bonds is 6. The van der Waals surface area contributed by atoms with Crippen molar-refractivity contribution in [1.82, 2.24) is 20.8 Å². The highest BCUT2D eigenvalue weighted by atomic mass is 16.5. The van der Waals surface area contributed by atoms with Gasteiger partial charge in [0.1, 0.15) is 0 Å². The van der Waals surface area contributed by atoms with Gasteiger partial charge in [-0.05, 0) is 12.8 Å². The summed E-state index contributed by atoms with van der Waals surface area (Å²) in [4.78, 5) is 15.3. The van der Waals surface area contributed by atoms with Crippen LogP contribution in [0.3, 0.4) is 0 Å². The minimum absolute atomic E-state index is 0.0234. The average Bonchev–Trinajstić information content (AvgIpc) is 2.70. The van der Waals surface area contributed by atoms with Crippen molar-refractivity contribution in [2.24, 2.45) is 5.92 Å². The molecular weight excluding hydrogens is 208 g/mol. The summed E-state index contributed by atoms with van der Waals surface area (Å²) in [5.74, 6) is 0.954. The first kappa shape index (κ1) is 12.6. The Hall–Kier alpha value is -1.43. The topological polar surface area (TPSA) is 80.0 Å². The Labute approximate surface area is 94.8 Å². The predicted octanol–water partition coefficient (Wildman–Crippen LogP) is 0.320. The van der Waals surface area contributed by atoms with Crippen molar-refractivity contribution in [1.29, 1.82) is 0 Å². The summed E-state index contributed by atoms with van der Waals surface area (Å²) in [6.07, 6.45) is 1.26. The molecule has 1 atom stereocenters. The van der Waals surface area contributed by atoms with Gasteiger partial charge in [0.25, 0.3) is 0 Å². The summed E-state index contributed by atoms with van der Waals surface area (Å²) in [5, 5.41) is 9.45. The molecule has 0 radical (unpaired) electrons. The predicted molar refractivity (Wildman–Crippen MR) is 58.4 cm³/mol. The molecule has 6 nitrogen and oxygen atoms in total. The van der Waals surface area contributed by atoms with E-state index in [0.717, 1.165) is 0 Å². The average molecular weight is 226 g/mol. The van der Waals surface area contributed by atoms with Crippen LogP contribution in [0.25, 0.3) is 0 Å². The van der Waals surface area contributed by atoms with Crippen molar-refractivity contribution in [3.8, 4) is 0 Å². The molecule has 0 saturated heterocycles. The second-order valence-corrected chi connectivity index (χ2v) is 4.05. The fraction of sp³-hybridized carbons (Fsp3) is 0.700. The molecule has 90 valence electrons. The maximum atomic E-state index is 11.4. The van der Waals surface area contributed by atoms with E-state index in [-0.39, 0.29) is 18.5 Å². The van der Waals surface area contributed by atoms with E-state index in [1.165, 1.54) is 6.39 Å². The monoisotopic (exact) mass is 226 g/mol. The molecule has 1 aromatic rings. The van der Waals surface area contributed by atoms with Gasteiger partial charge in [-0.2, -0.15) is 4.98 Å². The summed E-state index contributed by atoms with van der Waals surface area (Å²) in [5.41, 5.74) is 0. The van der Waals surface area contributed by atoms with Gasteiger partial charge in [-0.3, -0.25) is 4.79 Å². The molecule has 6 heteroatoms. The van der Waals surface area contributed by atoms with Gasteiger partial charge in [0, 0.05) is 6.04 Å². The summed E-state index contributed by atoms with van der Waals surface area (Å²) < 4.78 is 4.57. The van der Waals surface area contributed by atoms with Crippen molar-refractivity contribution in [3.63, 3.8) is 0 Å². The van der Waals surface area contributed by atoms with Crippen molar-refractivity contribution in [2.75, 3.05) is 6.54 Å².